The number of benzene rings is 2. The predicted molar refractivity (Wildman–Crippen MR) is 109 cm³/mol. The fraction of sp³-hybridized carbons (Fsp3) is 0.0556. The number of halogens is 5. The third kappa shape index (κ3) is 4.19. The molecule has 0 aliphatic heterocycles. The fourth-order valence-electron chi connectivity index (χ4n) is 2.82. The van der Waals surface area contributed by atoms with Gasteiger partial charge >= 0.3 is 12.1 Å². The third-order valence-corrected chi connectivity index (χ3v) is 4.55. The first-order valence-electron chi connectivity index (χ1n) is 8.07. The number of H-pyrrole nitrogens is 1. The monoisotopic (exact) mass is 457 g/mol. The van der Waals surface area contributed by atoms with Gasteiger partial charge in [0.15, 0.2) is 5.95 Å². The van der Waals surface area contributed by atoms with Crippen molar-refractivity contribution in [2.75, 3.05) is 11.5 Å². The standard InChI is InChI=1S/C16H11Cl2N5.C2HF3O2/c17-7-1-2-8(11(18)5-7)10-6-12-13(9-3-4-21-14(9)10)15(19)23-16(20)22-12;3-2(4,5)1(6)7/h1-6H,19H2,(H3,20,22,23);(H,6,7). The first kappa shape index (κ1) is 21.5. The van der Waals surface area contributed by atoms with Crippen LogP contribution in [0, 0.1) is 0 Å². The van der Waals surface area contributed by atoms with Gasteiger partial charge in [0.25, 0.3) is 0 Å². The maximum absolute atomic E-state index is 10.6. The number of nitrogens with zero attached hydrogens (tertiary/aromatic N) is 2. The van der Waals surface area contributed by atoms with E-state index in [4.69, 9.17) is 44.6 Å². The number of alkyl halides is 3. The second-order valence-electron chi connectivity index (χ2n) is 5.99. The van der Waals surface area contributed by atoms with Crippen LogP contribution >= 0.6 is 23.2 Å². The van der Waals surface area contributed by atoms with Gasteiger partial charge in [-0.15, -0.1) is 0 Å². The zero-order valence-corrected chi connectivity index (χ0v) is 16.3. The number of anilines is 2. The molecule has 0 saturated carbocycles. The van der Waals surface area contributed by atoms with Gasteiger partial charge in [-0.1, -0.05) is 29.3 Å². The molecule has 0 atom stereocenters. The van der Waals surface area contributed by atoms with Crippen LogP contribution in [-0.2, 0) is 4.79 Å². The minimum absolute atomic E-state index is 0.252. The number of nitrogens with two attached hydrogens (primary N) is 2. The zero-order chi connectivity index (χ0) is 22.2. The van der Waals surface area contributed by atoms with E-state index in [1.165, 1.54) is 0 Å². The number of carboxylic acids is 1. The van der Waals surface area contributed by atoms with Gasteiger partial charge in [-0.2, -0.15) is 18.2 Å². The number of nitrogen functional groups attached to an aromatic ring is 2. The molecule has 12 heteroatoms. The van der Waals surface area contributed by atoms with E-state index >= 15 is 0 Å². The van der Waals surface area contributed by atoms with Crippen LogP contribution in [0.1, 0.15) is 0 Å². The Hall–Kier alpha value is -3.24. The van der Waals surface area contributed by atoms with Crippen LogP contribution in [0.25, 0.3) is 32.9 Å². The predicted octanol–water partition coefficient (Wildman–Crippen LogP) is 4.88. The van der Waals surface area contributed by atoms with Crippen molar-refractivity contribution in [3.8, 4) is 11.1 Å². The average Bonchev–Trinajstić information content (AvgIpc) is 3.10. The molecule has 0 fully saturated rings. The first-order chi connectivity index (χ1) is 14.0. The van der Waals surface area contributed by atoms with E-state index in [9.17, 15) is 13.2 Å². The molecule has 6 N–H and O–H groups in total. The molecule has 156 valence electrons. The summed E-state index contributed by atoms with van der Waals surface area (Å²) in [7, 11) is 0. The van der Waals surface area contributed by atoms with Crippen LogP contribution in [0.5, 0.6) is 0 Å². The van der Waals surface area contributed by atoms with Gasteiger partial charge in [0.05, 0.1) is 11.0 Å². The lowest BCUT2D eigenvalue weighted by Crippen LogP contribution is -2.21. The molecule has 0 spiro atoms. The molecular formula is C18H12Cl2F3N5O2. The molecular weight excluding hydrogens is 446 g/mol. The molecule has 0 aliphatic rings. The van der Waals surface area contributed by atoms with Crippen LogP contribution in [0.2, 0.25) is 10.0 Å². The normalized spacial score (nSPS) is 11.4. The number of nitrogens with one attached hydrogen (secondary N) is 1. The minimum atomic E-state index is -5.08. The number of carbonyl (C=O) groups is 1. The molecule has 4 aromatic rings. The van der Waals surface area contributed by atoms with E-state index < -0.39 is 12.1 Å². The van der Waals surface area contributed by atoms with Crippen LogP contribution in [0.4, 0.5) is 24.9 Å². The number of fused-ring (bicyclic) bond motifs is 3. The molecule has 4 rings (SSSR count). The number of hydrogen-bond acceptors (Lipinski definition) is 5. The van der Waals surface area contributed by atoms with Crippen molar-refractivity contribution in [2.24, 2.45) is 0 Å². The van der Waals surface area contributed by atoms with E-state index in [2.05, 4.69) is 15.0 Å². The quantitative estimate of drug-likeness (QED) is 0.322. The lowest BCUT2D eigenvalue weighted by atomic mass is 10.00. The maximum Gasteiger partial charge on any atom is 0.490 e. The Balaban J connectivity index is 0.000000318. The smallest absolute Gasteiger partial charge is 0.475 e. The number of aliphatic carboxylic acids is 1. The van der Waals surface area contributed by atoms with Crippen molar-refractivity contribution >= 4 is 62.7 Å². The summed E-state index contributed by atoms with van der Waals surface area (Å²) < 4.78 is 31.7. The Morgan fingerprint density at radius 3 is 2.37 bits per heavy atom. The lowest BCUT2D eigenvalue weighted by molar-refractivity contribution is -0.192. The van der Waals surface area contributed by atoms with Crippen molar-refractivity contribution in [3.05, 3.63) is 46.6 Å². The summed E-state index contributed by atoms with van der Waals surface area (Å²) in [5, 5.41) is 9.94. The van der Waals surface area contributed by atoms with Crippen LogP contribution in [0.3, 0.4) is 0 Å². The van der Waals surface area contributed by atoms with E-state index in [1.54, 1.807) is 18.3 Å². The summed E-state index contributed by atoms with van der Waals surface area (Å²) in [6.07, 6.45) is -3.35. The largest absolute Gasteiger partial charge is 0.490 e. The second-order valence-corrected chi connectivity index (χ2v) is 6.83. The fourth-order valence-corrected chi connectivity index (χ4v) is 3.33. The van der Waals surface area contributed by atoms with Gasteiger partial charge in [0.1, 0.15) is 5.82 Å². The number of rotatable bonds is 1. The Kier molecular flexibility index (Phi) is 5.64. The van der Waals surface area contributed by atoms with Crippen molar-refractivity contribution in [1.82, 2.24) is 15.0 Å². The SMILES string of the molecule is Nc1nc(N)c2c(cc(-c3ccc(Cl)cc3Cl)c3nccc32)[nH]1.O=C(O)C(F)(F)F. The molecule has 2 aromatic heterocycles. The second kappa shape index (κ2) is 7.88. The Labute approximate surface area is 176 Å². The van der Waals surface area contributed by atoms with Gasteiger partial charge in [-0.3, -0.25) is 4.98 Å². The van der Waals surface area contributed by atoms with Crippen LogP contribution < -0.4 is 11.5 Å². The molecule has 0 aliphatic carbocycles. The molecule has 7 nitrogen and oxygen atoms in total. The van der Waals surface area contributed by atoms with Crippen molar-refractivity contribution < 1.29 is 23.1 Å². The molecule has 2 heterocycles. The lowest BCUT2D eigenvalue weighted by Gasteiger charge is -2.11. The highest BCUT2D eigenvalue weighted by Crippen LogP contribution is 2.39. The van der Waals surface area contributed by atoms with Gasteiger partial charge < -0.3 is 21.6 Å². The molecule has 0 bridgehead atoms. The first-order valence-corrected chi connectivity index (χ1v) is 8.82. The van der Waals surface area contributed by atoms with Gasteiger partial charge in [0.2, 0.25) is 0 Å². The van der Waals surface area contributed by atoms with E-state index in [0.717, 1.165) is 32.9 Å². The molecule has 2 aromatic carbocycles. The number of carboxylic acid groups (broad SMARTS) is 1. The molecule has 0 amide bonds. The Morgan fingerprint density at radius 1 is 1.10 bits per heavy atom. The zero-order valence-electron chi connectivity index (χ0n) is 14.8. The third-order valence-electron chi connectivity index (χ3n) is 4.01. The van der Waals surface area contributed by atoms with E-state index in [-0.39, 0.29) is 5.95 Å². The topological polar surface area (TPSA) is 131 Å². The number of hydrogen-bond donors (Lipinski definition) is 4. The van der Waals surface area contributed by atoms with E-state index in [1.807, 2.05) is 18.2 Å². The van der Waals surface area contributed by atoms with Gasteiger partial charge in [-0.05, 0) is 24.3 Å². The van der Waals surface area contributed by atoms with Crippen molar-refractivity contribution in [1.29, 1.82) is 0 Å². The number of aromatic amines is 1. The maximum atomic E-state index is 10.6. The Bertz CT molecular complexity index is 1270. The molecule has 30 heavy (non-hydrogen) atoms. The van der Waals surface area contributed by atoms with Crippen LogP contribution in [0.15, 0.2) is 36.5 Å². The summed E-state index contributed by atoms with van der Waals surface area (Å²) >= 11 is 12.4. The molecule has 0 radical (unpaired) electrons. The van der Waals surface area contributed by atoms with Gasteiger partial charge in [-0.25, -0.2) is 4.79 Å². The van der Waals surface area contributed by atoms with E-state index in [0.29, 0.717) is 15.9 Å². The summed E-state index contributed by atoms with van der Waals surface area (Å²) in [4.78, 5) is 20.5. The average molecular weight is 458 g/mol. The molecule has 0 saturated heterocycles. The minimum Gasteiger partial charge on any atom is -0.475 e. The van der Waals surface area contributed by atoms with Crippen molar-refractivity contribution in [2.45, 2.75) is 6.18 Å². The van der Waals surface area contributed by atoms with Crippen LogP contribution in [-0.4, -0.2) is 32.2 Å². The highest BCUT2D eigenvalue weighted by Gasteiger charge is 2.38. The highest BCUT2D eigenvalue weighted by molar-refractivity contribution is 6.37. The van der Waals surface area contributed by atoms with Crippen molar-refractivity contribution in [3.63, 3.8) is 0 Å². The highest BCUT2D eigenvalue weighted by atomic mass is 35.5. The number of aromatic nitrogens is 3. The summed E-state index contributed by atoms with van der Waals surface area (Å²) in [5.41, 5.74) is 15.1. The summed E-state index contributed by atoms with van der Waals surface area (Å²) in [6.45, 7) is 0. The molecule has 0 unspecified atom stereocenters. The Morgan fingerprint density at radius 2 is 1.77 bits per heavy atom. The summed E-state index contributed by atoms with van der Waals surface area (Å²) in [6, 6.07) is 9.19. The summed E-state index contributed by atoms with van der Waals surface area (Å²) in [5.74, 6) is -2.14. The van der Waals surface area contributed by atoms with Gasteiger partial charge in [0, 0.05) is 38.1 Å².